The summed E-state index contributed by atoms with van der Waals surface area (Å²) in [7, 11) is 0. The second kappa shape index (κ2) is 7.59. The molecule has 1 amide bonds. The summed E-state index contributed by atoms with van der Waals surface area (Å²) in [6, 6.07) is 11.3. The highest BCUT2D eigenvalue weighted by Crippen LogP contribution is 2.27. The lowest BCUT2D eigenvalue weighted by Crippen LogP contribution is -2.13. The van der Waals surface area contributed by atoms with Crippen LogP contribution in [0.4, 0.5) is 5.82 Å². The minimum absolute atomic E-state index is 0.149. The molecule has 0 fully saturated rings. The lowest BCUT2D eigenvalue weighted by Gasteiger charge is -2.09. The van der Waals surface area contributed by atoms with Crippen molar-refractivity contribution in [3.8, 4) is 0 Å². The van der Waals surface area contributed by atoms with Crippen molar-refractivity contribution in [2.75, 3.05) is 5.32 Å². The monoisotopic (exact) mass is 355 g/mol. The van der Waals surface area contributed by atoms with Gasteiger partial charge in [-0.2, -0.15) is 0 Å². The van der Waals surface area contributed by atoms with E-state index in [2.05, 4.69) is 20.7 Å². The summed E-state index contributed by atoms with van der Waals surface area (Å²) in [5.74, 6) is 1.15. The SMILES string of the molecule is Cc1ccc(NC(=O)c2ccccc2SCc2csc(C)n2)nc1. The average Bonchev–Trinajstić information content (AvgIpc) is 3.01. The van der Waals surface area contributed by atoms with Gasteiger partial charge in [0.25, 0.3) is 5.91 Å². The van der Waals surface area contributed by atoms with Crippen LogP contribution in [0.1, 0.15) is 26.6 Å². The Bertz CT molecular complexity index is 843. The molecule has 6 heteroatoms. The first kappa shape index (κ1) is 16.7. The molecule has 2 heterocycles. The summed E-state index contributed by atoms with van der Waals surface area (Å²) in [4.78, 5) is 22.2. The third-order valence-electron chi connectivity index (χ3n) is 3.33. The Morgan fingerprint density at radius 1 is 1.21 bits per heavy atom. The predicted molar refractivity (Wildman–Crippen MR) is 99.8 cm³/mol. The predicted octanol–water partition coefficient (Wildman–Crippen LogP) is 4.70. The molecule has 1 aromatic carbocycles. The smallest absolute Gasteiger partial charge is 0.257 e. The molecule has 2 aromatic heterocycles. The molecule has 3 aromatic rings. The van der Waals surface area contributed by atoms with Crippen molar-refractivity contribution >= 4 is 34.8 Å². The number of hydrogen-bond acceptors (Lipinski definition) is 5. The van der Waals surface area contributed by atoms with Crippen LogP contribution in [0.2, 0.25) is 0 Å². The van der Waals surface area contributed by atoms with Crippen LogP contribution in [0.25, 0.3) is 0 Å². The maximum atomic E-state index is 12.6. The lowest BCUT2D eigenvalue weighted by atomic mass is 10.2. The molecule has 0 atom stereocenters. The molecule has 0 unspecified atom stereocenters. The van der Waals surface area contributed by atoms with E-state index >= 15 is 0 Å². The zero-order valence-electron chi connectivity index (χ0n) is 13.4. The van der Waals surface area contributed by atoms with E-state index in [4.69, 9.17) is 0 Å². The third-order valence-corrected chi connectivity index (χ3v) is 5.26. The van der Waals surface area contributed by atoms with Gasteiger partial charge < -0.3 is 5.32 Å². The first-order chi connectivity index (χ1) is 11.6. The van der Waals surface area contributed by atoms with E-state index in [1.54, 1.807) is 35.4 Å². The Balaban J connectivity index is 1.72. The molecule has 0 aliphatic rings. The number of aryl methyl sites for hydroxylation is 2. The number of amides is 1. The number of thioether (sulfide) groups is 1. The van der Waals surface area contributed by atoms with Crippen LogP contribution >= 0.6 is 23.1 Å². The number of anilines is 1. The highest BCUT2D eigenvalue weighted by molar-refractivity contribution is 7.98. The normalized spacial score (nSPS) is 10.6. The molecule has 122 valence electrons. The van der Waals surface area contributed by atoms with Gasteiger partial charge in [-0.3, -0.25) is 4.79 Å². The molecular formula is C18H17N3OS2. The van der Waals surface area contributed by atoms with E-state index < -0.39 is 0 Å². The first-order valence-electron chi connectivity index (χ1n) is 7.48. The molecule has 0 aliphatic carbocycles. The number of nitrogens with zero attached hydrogens (tertiary/aromatic N) is 2. The Hall–Kier alpha value is -2.18. The van der Waals surface area contributed by atoms with Crippen LogP contribution in [0.3, 0.4) is 0 Å². The number of carbonyl (C=O) groups excluding carboxylic acids is 1. The molecule has 0 saturated heterocycles. The molecule has 0 bridgehead atoms. The minimum Gasteiger partial charge on any atom is -0.307 e. The Morgan fingerprint density at radius 2 is 2.04 bits per heavy atom. The van der Waals surface area contributed by atoms with Gasteiger partial charge in [-0.25, -0.2) is 9.97 Å². The number of thiazole rings is 1. The summed E-state index contributed by atoms with van der Waals surface area (Å²) >= 11 is 3.26. The number of nitrogens with one attached hydrogen (secondary N) is 1. The van der Waals surface area contributed by atoms with Gasteiger partial charge in [-0.15, -0.1) is 23.1 Å². The van der Waals surface area contributed by atoms with Crippen molar-refractivity contribution in [2.24, 2.45) is 0 Å². The summed E-state index contributed by atoms with van der Waals surface area (Å²) in [6.07, 6.45) is 1.74. The number of carbonyl (C=O) groups is 1. The van der Waals surface area contributed by atoms with Crippen LogP contribution in [0, 0.1) is 13.8 Å². The number of pyridine rings is 1. The number of benzene rings is 1. The highest BCUT2D eigenvalue weighted by Gasteiger charge is 2.12. The molecule has 3 rings (SSSR count). The molecule has 0 aliphatic heterocycles. The molecule has 24 heavy (non-hydrogen) atoms. The third kappa shape index (κ3) is 4.21. The Labute approximate surface area is 149 Å². The zero-order chi connectivity index (χ0) is 16.9. The van der Waals surface area contributed by atoms with Crippen molar-refractivity contribution < 1.29 is 4.79 Å². The molecule has 0 saturated carbocycles. The topological polar surface area (TPSA) is 54.9 Å². The second-order valence-corrected chi connectivity index (χ2v) is 7.40. The fraction of sp³-hybridized carbons (Fsp3) is 0.167. The van der Waals surface area contributed by atoms with Crippen molar-refractivity contribution in [2.45, 2.75) is 24.5 Å². The van der Waals surface area contributed by atoms with Gasteiger partial charge in [-0.1, -0.05) is 18.2 Å². The van der Waals surface area contributed by atoms with Crippen molar-refractivity contribution in [1.29, 1.82) is 0 Å². The standard InChI is InChI=1S/C18H17N3OS2/c1-12-7-8-17(19-9-12)21-18(22)15-5-3-4-6-16(15)24-11-14-10-23-13(2)20-14/h3-10H,11H2,1-2H3,(H,19,21,22). The van der Waals surface area contributed by atoms with Crippen molar-refractivity contribution in [1.82, 2.24) is 9.97 Å². The van der Waals surface area contributed by atoms with E-state index in [1.165, 1.54) is 0 Å². The number of rotatable bonds is 5. The Morgan fingerprint density at radius 3 is 2.75 bits per heavy atom. The van der Waals surface area contributed by atoms with Crippen molar-refractivity contribution in [3.05, 3.63) is 69.8 Å². The van der Waals surface area contributed by atoms with E-state index in [1.807, 2.05) is 44.2 Å². The minimum atomic E-state index is -0.149. The van der Waals surface area contributed by atoms with Gasteiger partial charge in [0.05, 0.1) is 16.3 Å². The van der Waals surface area contributed by atoms with E-state index in [0.717, 1.165) is 26.9 Å². The summed E-state index contributed by atoms with van der Waals surface area (Å²) in [5.41, 5.74) is 2.75. The van der Waals surface area contributed by atoms with Crippen molar-refractivity contribution in [3.63, 3.8) is 0 Å². The Kier molecular flexibility index (Phi) is 5.27. The van der Waals surface area contributed by atoms with Crippen LogP contribution in [-0.4, -0.2) is 15.9 Å². The van der Waals surface area contributed by atoms with E-state index in [-0.39, 0.29) is 5.91 Å². The quantitative estimate of drug-likeness (QED) is 0.674. The van der Waals surface area contributed by atoms with Gasteiger partial charge in [0.15, 0.2) is 0 Å². The molecular weight excluding hydrogens is 338 g/mol. The van der Waals surface area contributed by atoms with Crippen LogP contribution < -0.4 is 5.32 Å². The fourth-order valence-corrected chi connectivity index (χ4v) is 3.79. The van der Waals surface area contributed by atoms with Gasteiger partial charge >= 0.3 is 0 Å². The molecule has 1 N–H and O–H groups in total. The average molecular weight is 355 g/mol. The van der Waals surface area contributed by atoms with Gasteiger partial charge in [0.2, 0.25) is 0 Å². The number of hydrogen-bond donors (Lipinski definition) is 1. The lowest BCUT2D eigenvalue weighted by molar-refractivity contribution is 0.102. The second-order valence-electron chi connectivity index (χ2n) is 5.32. The summed E-state index contributed by atoms with van der Waals surface area (Å²) in [5, 5.41) is 5.97. The summed E-state index contributed by atoms with van der Waals surface area (Å²) in [6.45, 7) is 3.96. The van der Waals surface area contributed by atoms with Gasteiger partial charge in [-0.05, 0) is 37.6 Å². The van der Waals surface area contributed by atoms with E-state index in [0.29, 0.717) is 11.4 Å². The van der Waals surface area contributed by atoms with Crippen LogP contribution in [0.15, 0.2) is 52.9 Å². The van der Waals surface area contributed by atoms with Gasteiger partial charge in [0.1, 0.15) is 5.82 Å². The maximum Gasteiger partial charge on any atom is 0.257 e. The number of aromatic nitrogens is 2. The highest BCUT2D eigenvalue weighted by atomic mass is 32.2. The maximum absolute atomic E-state index is 12.6. The van der Waals surface area contributed by atoms with E-state index in [9.17, 15) is 4.79 Å². The molecule has 0 spiro atoms. The summed E-state index contributed by atoms with van der Waals surface area (Å²) < 4.78 is 0. The molecule has 0 radical (unpaired) electrons. The van der Waals surface area contributed by atoms with Gasteiger partial charge in [0, 0.05) is 22.2 Å². The van der Waals surface area contributed by atoms with Crippen LogP contribution in [0.5, 0.6) is 0 Å². The fourth-order valence-electron chi connectivity index (χ4n) is 2.13. The first-order valence-corrected chi connectivity index (χ1v) is 9.35. The van der Waals surface area contributed by atoms with Crippen LogP contribution in [-0.2, 0) is 5.75 Å². The largest absolute Gasteiger partial charge is 0.307 e. The molecule has 4 nitrogen and oxygen atoms in total. The zero-order valence-corrected chi connectivity index (χ0v) is 15.1.